The van der Waals surface area contributed by atoms with E-state index in [2.05, 4.69) is 67.7 Å². The molecule has 106 valence electrons. The SMILES string of the molecule is COCC(Nc1ccccc1C(C)C)c1ccccc1. The van der Waals surface area contributed by atoms with Crippen LogP contribution in [0.4, 0.5) is 5.69 Å². The van der Waals surface area contributed by atoms with Gasteiger partial charge in [0.2, 0.25) is 0 Å². The van der Waals surface area contributed by atoms with Crippen LogP contribution >= 0.6 is 0 Å². The Labute approximate surface area is 121 Å². The largest absolute Gasteiger partial charge is 0.382 e. The fourth-order valence-electron chi connectivity index (χ4n) is 2.39. The number of methoxy groups -OCH3 is 1. The molecule has 0 radical (unpaired) electrons. The van der Waals surface area contributed by atoms with E-state index in [0.29, 0.717) is 12.5 Å². The Morgan fingerprint density at radius 2 is 1.60 bits per heavy atom. The van der Waals surface area contributed by atoms with Gasteiger partial charge in [-0.1, -0.05) is 62.4 Å². The maximum Gasteiger partial charge on any atom is 0.0747 e. The molecule has 2 aromatic carbocycles. The van der Waals surface area contributed by atoms with E-state index in [-0.39, 0.29) is 6.04 Å². The van der Waals surface area contributed by atoms with Crippen LogP contribution in [-0.2, 0) is 4.74 Å². The van der Waals surface area contributed by atoms with Crippen LogP contribution < -0.4 is 5.32 Å². The molecule has 0 aliphatic heterocycles. The lowest BCUT2D eigenvalue weighted by Crippen LogP contribution is -2.17. The number of para-hydroxylation sites is 1. The minimum absolute atomic E-state index is 0.168. The highest BCUT2D eigenvalue weighted by Gasteiger charge is 2.13. The molecule has 2 rings (SSSR count). The highest BCUT2D eigenvalue weighted by Crippen LogP contribution is 2.27. The molecular weight excluding hydrogens is 246 g/mol. The molecule has 2 nitrogen and oxygen atoms in total. The Balaban J connectivity index is 2.25. The first kappa shape index (κ1) is 14.6. The molecule has 2 heteroatoms. The maximum absolute atomic E-state index is 5.37. The Bertz CT molecular complexity index is 522. The smallest absolute Gasteiger partial charge is 0.0747 e. The average Bonchev–Trinajstić information content (AvgIpc) is 2.48. The highest BCUT2D eigenvalue weighted by molar-refractivity contribution is 5.54. The van der Waals surface area contributed by atoms with Gasteiger partial charge in [-0.25, -0.2) is 0 Å². The van der Waals surface area contributed by atoms with Crippen molar-refractivity contribution in [2.75, 3.05) is 19.0 Å². The van der Waals surface area contributed by atoms with E-state index in [9.17, 15) is 0 Å². The summed E-state index contributed by atoms with van der Waals surface area (Å²) < 4.78 is 5.37. The van der Waals surface area contributed by atoms with E-state index < -0.39 is 0 Å². The van der Waals surface area contributed by atoms with Crippen LogP contribution in [0.1, 0.15) is 36.9 Å². The maximum atomic E-state index is 5.37. The molecule has 1 unspecified atom stereocenters. The predicted octanol–water partition coefficient (Wildman–Crippen LogP) is 4.61. The van der Waals surface area contributed by atoms with Crippen molar-refractivity contribution in [1.29, 1.82) is 0 Å². The number of benzene rings is 2. The van der Waals surface area contributed by atoms with Crippen molar-refractivity contribution in [3.05, 3.63) is 65.7 Å². The molecule has 0 bridgehead atoms. The second-order valence-corrected chi connectivity index (χ2v) is 5.30. The van der Waals surface area contributed by atoms with Crippen LogP contribution in [0, 0.1) is 0 Å². The van der Waals surface area contributed by atoms with Gasteiger partial charge in [-0.05, 0) is 23.1 Å². The van der Waals surface area contributed by atoms with Gasteiger partial charge in [0.15, 0.2) is 0 Å². The molecule has 0 spiro atoms. The van der Waals surface area contributed by atoms with Crippen molar-refractivity contribution in [1.82, 2.24) is 0 Å². The fraction of sp³-hybridized carbons (Fsp3) is 0.333. The molecule has 0 aromatic heterocycles. The number of rotatable bonds is 6. The topological polar surface area (TPSA) is 21.3 Å². The Morgan fingerprint density at radius 1 is 0.950 bits per heavy atom. The van der Waals surface area contributed by atoms with Crippen molar-refractivity contribution < 1.29 is 4.74 Å². The number of hydrogen-bond acceptors (Lipinski definition) is 2. The molecule has 1 N–H and O–H groups in total. The molecule has 2 aromatic rings. The fourth-order valence-corrected chi connectivity index (χ4v) is 2.39. The zero-order valence-corrected chi connectivity index (χ0v) is 12.5. The molecule has 1 atom stereocenters. The van der Waals surface area contributed by atoms with Crippen LogP contribution in [0.2, 0.25) is 0 Å². The van der Waals surface area contributed by atoms with Gasteiger partial charge < -0.3 is 10.1 Å². The summed E-state index contributed by atoms with van der Waals surface area (Å²) in [6, 6.07) is 19.1. The number of nitrogens with one attached hydrogen (secondary N) is 1. The summed E-state index contributed by atoms with van der Waals surface area (Å²) in [5.41, 5.74) is 3.77. The summed E-state index contributed by atoms with van der Waals surface area (Å²) in [7, 11) is 1.74. The molecule has 0 heterocycles. The first-order valence-corrected chi connectivity index (χ1v) is 7.11. The third-order valence-corrected chi connectivity index (χ3v) is 3.45. The van der Waals surface area contributed by atoms with Crippen LogP contribution in [0.25, 0.3) is 0 Å². The number of hydrogen-bond donors (Lipinski definition) is 1. The highest BCUT2D eigenvalue weighted by atomic mass is 16.5. The first-order chi connectivity index (χ1) is 9.72. The van der Waals surface area contributed by atoms with Gasteiger partial charge in [0, 0.05) is 12.8 Å². The number of ether oxygens (including phenoxy) is 1. The standard InChI is InChI=1S/C18H23NO/c1-14(2)16-11-7-8-12-17(16)19-18(13-20-3)15-9-5-4-6-10-15/h4-12,14,18-19H,13H2,1-3H3. The minimum Gasteiger partial charge on any atom is -0.382 e. The zero-order valence-electron chi connectivity index (χ0n) is 12.5. The molecule has 0 fully saturated rings. The van der Waals surface area contributed by atoms with E-state index in [1.165, 1.54) is 16.8 Å². The second kappa shape index (κ2) is 7.11. The van der Waals surface area contributed by atoms with Gasteiger partial charge in [-0.2, -0.15) is 0 Å². The first-order valence-electron chi connectivity index (χ1n) is 7.11. The van der Waals surface area contributed by atoms with Crippen molar-refractivity contribution in [3.8, 4) is 0 Å². The van der Waals surface area contributed by atoms with E-state index in [0.717, 1.165) is 0 Å². The normalized spacial score (nSPS) is 12.4. The van der Waals surface area contributed by atoms with Gasteiger partial charge in [0.25, 0.3) is 0 Å². The van der Waals surface area contributed by atoms with E-state index >= 15 is 0 Å². The molecule has 0 aliphatic rings. The molecule has 20 heavy (non-hydrogen) atoms. The molecule has 0 saturated carbocycles. The lowest BCUT2D eigenvalue weighted by molar-refractivity contribution is 0.186. The van der Waals surface area contributed by atoms with Crippen LogP contribution in [0.5, 0.6) is 0 Å². The molecule has 0 amide bonds. The monoisotopic (exact) mass is 269 g/mol. The summed E-state index contributed by atoms with van der Waals surface area (Å²) in [5, 5.41) is 3.62. The predicted molar refractivity (Wildman–Crippen MR) is 85.2 cm³/mol. The minimum atomic E-state index is 0.168. The zero-order chi connectivity index (χ0) is 14.4. The van der Waals surface area contributed by atoms with Crippen LogP contribution in [0.3, 0.4) is 0 Å². The van der Waals surface area contributed by atoms with Crippen molar-refractivity contribution in [2.45, 2.75) is 25.8 Å². The van der Waals surface area contributed by atoms with Crippen molar-refractivity contribution in [2.24, 2.45) is 0 Å². The summed E-state index contributed by atoms with van der Waals surface area (Å²) in [5.74, 6) is 0.498. The third-order valence-electron chi connectivity index (χ3n) is 3.45. The average molecular weight is 269 g/mol. The summed E-state index contributed by atoms with van der Waals surface area (Å²) in [4.78, 5) is 0. The quantitative estimate of drug-likeness (QED) is 0.827. The molecule has 0 saturated heterocycles. The van der Waals surface area contributed by atoms with Crippen molar-refractivity contribution >= 4 is 5.69 Å². The summed E-state index contributed by atoms with van der Waals surface area (Å²) in [6.07, 6.45) is 0. The van der Waals surface area contributed by atoms with Gasteiger partial charge in [-0.15, -0.1) is 0 Å². The van der Waals surface area contributed by atoms with Gasteiger partial charge in [0.1, 0.15) is 0 Å². The molecule has 0 aliphatic carbocycles. The van der Waals surface area contributed by atoms with Crippen LogP contribution in [-0.4, -0.2) is 13.7 Å². The van der Waals surface area contributed by atoms with E-state index in [1.54, 1.807) is 7.11 Å². The summed E-state index contributed by atoms with van der Waals surface area (Å²) in [6.45, 7) is 5.08. The lowest BCUT2D eigenvalue weighted by Gasteiger charge is -2.22. The second-order valence-electron chi connectivity index (χ2n) is 5.30. The number of anilines is 1. The van der Waals surface area contributed by atoms with Crippen LogP contribution in [0.15, 0.2) is 54.6 Å². The molecular formula is C18H23NO. The Morgan fingerprint density at radius 3 is 2.25 bits per heavy atom. The van der Waals surface area contributed by atoms with Gasteiger partial charge in [0.05, 0.1) is 12.6 Å². The van der Waals surface area contributed by atoms with Gasteiger partial charge in [-0.3, -0.25) is 0 Å². The Hall–Kier alpha value is -1.80. The van der Waals surface area contributed by atoms with Crippen molar-refractivity contribution in [3.63, 3.8) is 0 Å². The van der Waals surface area contributed by atoms with E-state index in [4.69, 9.17) is 4.74 Å². The Kier molecular flexibility index (Phi) is 5.19. The summed E-state index contributed by atoms with van der Waals surface area (Å²) >= 11 is 0. The third kappa shape index (κ3) is 3.61. The lowest BCUT2D eigenvalue weighted by atomic mass is 10.00. The van der Waals surface area contributed by atoms with E-state index in [1.807, 2.05) is 6.07 Å². The van der Waals surface area contributed by atoms with Gasteiger partial charge >= 0.3 is 0 Å².